The second kappa shape index (κ2) is 13.8. The van der Waals surface area contributed by atoms with Crippen molar-refractivity contribution in [2.24, 2.45) is 0 Å². The van der Waals surface area contributed by atoms with Crippen molar-refractivity contribution in [3.05, 3.63) is 52.3 Å². The molecule has 0 saturated heterocycles. The Morgan fingerprint density at radius 2 is 1.87 bits per heavy atom. The highest BCUT2D eigenvalue weighted by Gasteiger charge is 2.19. The molecular weight excluding hydrogens is 456 g/mol. The molecule has 0 amide bonds. The second-order valence-corrected chi connectivity index (χ2v) is 10.1. The molecule has 2 atom stereocenters. The molecule has 31 heavy (non-hydrogen) atoms. The van der Waals surface area contributed by atoms with Crippen LogP contribution < -0.4 is 0 Å². The summed E-state index contributed by atoms with van der Waals surface area (Å²) in [6.07, 6.45) is 1.27. The van der Waals surface area contributed by atoms with Gasteiger partial charge in [-0.15, -0.1) is 0 Å². The highest BCUT2D eigenvalue weighted by molar-refractivity contribution is 7.99. The van der Waals surface area contributed by atoms with E-state index in [0.717, 1.165) is 29.8 Å². The smallest absolute Gasteiger partial charge is 0.316 e. The quantitative estimate of drug-likeness (QED) is 0.235. The van der Waals surface area contributed by atoms with Gasteiger partial charge in [-0.1, -0.05) is 48.8 Å². The van der Waals surface area contributed by atoms with Gasteiger partial charge >= 0.3 is 5.97 Å². The number of carbonyl (C=O) groups is 1. The van der Waals surface area contributed by atoms with E-state index in [9.17, 15) is 9.00 Å². The number of nitrogens with zero attached hydrogens (tertiary/aromatic N) is 2. The molecule has 0 spiro atoms. The minimum Gasteiger partial charge on any atom is -0.458 e. The first-order valence-electron chi connectivity index (χ1n) is 10.2. The van der Waals surface area contributed by atoms with Crippen molar-refractivity contribution in [3.8, 4) is 0 Å². The van der Waals surface area contributed by atoms with Crippen molar-refractivity contribution in [1.82, 2.24) is 9.97 Å². The molecule has 0 N–H and O–H groups in total. The topological polar surface area (TPSA) is 78.4 Å². The normalized spacial score (nSPS) is 13.0. The van der Waals surface area contributed by atoms with Crippen LogP contribution in [0.1, 0.15) is 36.7 Å². The van der Waals surface area contributed by atoms with Crippen molar-refractivity contribution in [1.29, 1.82) is 0 Å². The molecule has 1 heterocycles. The van der Waals surface area contributed by atoms with Gasteiger partial charge in [0, 0.05) is 33.0 Å². The molecule has 1 aromatic heterocycles. The SMILES string of the molecule is CCCCS(=O)CC(COCc1ccc(Cl)cc1)OC(=O)CSc1nc(C)cc(C)n1. The van der Waals surface area contributed by atoms with E-state index in [1.807, 2.05) is 32.0 Å². The molecule has 0 fully saturated rings. The Hall–Kier alpha value is -1.48. The monoisotopic (exact) mass is 484 g/mol. The summed E-state index contributed by atoms with van der Waals surface area (Å²) in [6.45, 7) is 6.36. The van der Waals surface area contributed by atoms with E-state index in [4.69, 9.17) is 21.1 Å². The van der Waals surface area contributed by atoms with Gasteiger partial charge in [-0.3, -0.25) is 9.00 Å². The summed E-state index contributed by atoms with van der Waals surface area (Å²) >= 11 is 7.13. The summed E-state index contributed by atoms with van der Waals surface area (Å²) in [5.74, 6) is 0.530. The third kappa shape index (κ3) is 10.6. The van der Waals surface area contributed by atoms with Crippen LogP contribution in [0.2, 0.25) is 5.02 Å². The minimum absolute atomic E-state index is 0.0815. The number of aromatic nitrogens is 2. The number of hydrogen-bond donors (Lipinski definition) is 0. The van der Waals surface area contributed by atoms with Gasteiger partial charge in [-0.25, -0.2) is 9.97 Å². The predicted molar refractivity (Wildman–Crippen MR) is 126 cm³/mol. The standard InChI is InChI=1S/C22H29ClN2O4S2/c1-4-5-10-31(27)15-20(13-28-12-18-6-8-19(23)9-7-18)29-21(26)14-30-22-24-16(2)11-17(3)25-22/h6-9,11,20H,4-5,10,12-15H2,1-3H3. The summed E-state index contributed by atoms with van der Waals surface area (Å²) in [7, 11) is -1.07. The largest absolute Gasteiger partial charge is 0.458 e. The van der Waals surface area contributed by atoms with E-state index in [0.29, 0.717) is 22.5 Å². The van der Waals surface area contributed by atoms with Crippen LogP contribution in [-0.4, -0.2) is 50.1 Å². The second-order valence-electron chi connectivity index (χ2n) is 7.14. The Labute approximate surface area is 195 Å². The molecule has 9 heteroatoms. The third-order valence-corrected chi connectivity index (χ3v) is 6.72. The fourth-order valence-corrected chi connectivity index (χ4v) is 4.92. The van der Waals surface area contributed by atoms with Gasteiger partial charge in [-0.05, 0) is 44.0 Å². The number of thioether (sulfide) groups is 1. The molecule has 0 aliphatic rings. The van der Waals surface area contributed by atoms with Gasteiger partial charge < -0.3 is 9.47 Å². The van der Waals surface area contributed by atoms with Gasteiger partial charge in [0.2, 0.25) is 0 Å². The lowest BCUT2D eigenvalue weighted by atomic mass is 10.2. The van der Waals surface area contributed by atoms with Gasteiger partial charge in [0.05, 0.1) is 24.7 Å². The van der Waals surface area contributed by atoms with Crippen molar-refractivity contribution in [2.75, 3.05) is 23.9 Å². The molecule has 0 aliphatic carbocycles. The van der Waals surface area contributed by atoms with Crippen LogP contribution in [0.5, 0.6) is 0 Å². The van der Waals surface area contributed by atoms with E-state index in [-0.39, 0.29) is 18.1 Å². The summed E-state index contributed by atoms with van der Waals surface area (Å²) in [6, 6.07) is 9.22. The van der Waals surface area contributed by atoms with Crippen molar-refractivity contribution in [3.63, 3.8) is 0 Å². The number of aryl methyl sites for hydroxylation is 2. The lowest BCUT2D eigenvalue weighted by molar-refractivity contribution is -0.147. The van der Waals surface area contributed by atoms with E-state index in [1.165, 1.54) is 11.8 Å². The zero-order valence-corrected chi connectivity index (χ0v) is 20.5. The van der Waals surface area contributed by atoms with E-state index in [2.05, 4.69) is 16.9 Å². The van der Waals surface area contributed by atoms with Crippen LogP contribution in [0.3, 0.4) is 0 Å². The first-order chi connectivity index (χ1) is 14.9. The molecule has 1 aromatic carbocycles. The molecule has 0 aliphatic heterocycles. The van der Waals surface area contributed by atoms with E-state index < -0.39 is 22.9 Å². The number of esters is 1. The molecular formula is C22H29ClN2O4S2. The average Bonchev–Trinajstić information content (AvgIpc) is 2.71. The van der Waals surface area contributed by atoms with Gasteiger partial charge in [0.15, 0.2) is 5.16 Å². The van der Waals surface area contributed by atoms with Crippen LogP contribution in [0.4, 0.5) is 0 Å². The van der Waals surface area contributed by atoms with Crippen LogP contribution >= 0.6 is 23.4 Å². The van der Waals surface area contributed by atoms with Crippen LogP contribution in [0.25, 0.3) is 0 Å². The summed E-state index contributed by atoms with van der Waals surface area (Å²) < 4.78 is 23.7. The number of ether oxygens (including phenoxy) is 2. The fourth-order valence-electron chi connectivity index (χ4n) is 2.70. The van der Waals surface area contributed by atoms with Crippen LogP contribution in [0, 0.1) is 13.8 Å². The van der Waals surface area contributed by atoms with E-state index in [1.54, 1.807) is 12.1 Å². The zero-order valence-electron chi connectivity index (χ0n) is 18.1. The maximum Gasteiger partial charge on any atom is 0.316 e. The Morgan fingerprint density at radius 3 is 2.52 bits per heavy atom. The highest BCUT2D eigenvalue weighted by Crippen LogP contribution is 2.15. The number of unbranched alkanes of at least 4 members (excludes halogenated alkanes) is 1. The number of benzene rings is 1. The maximum absolute atomic E-state index is 12.4. The molecule has 0 saturated carbocycles. The van der Waals surface area contributed by atoms with Gasteiger partial charge in [0.25, 0.3) is 0 Å². The first kappa shape index (κ1) is 25.8. The maximum atomic E-state index is 12.4. The van der Waals surface area contributed by atoms with Crippen LogP contribution in [0.15, 0.2) is 35.5 Å². The fraction of sp³-hybridized carbons (Fsp3) is 0.500. The Bertz CT molecular complexity index is 845. The average molecular weight is 485 g/mol. The Morgan fingerprint density at radius 1 is 1.19 bits per heavy atom. The Kier molecular flexibility index (Phi) is 11.5. The van der Waals surface area contributed by atoms with Crippen LogP contribution in [-0.2, 0) is 31.7 Å². The number of carbonyl (C=O) groups excluding carboxylic acids is 1. The predicted octanol–water partition coefficient (Wildman–Crippen LogP) is 4.52. The first-order valence-corrected chi connectivity index (χ1v) is 13.0. The van der Waals surface area contributed by atoms with Crippen molar-refractivity contribution >= 4 is 40.1 Å². The molecule has 2 rings (SSSR count). The third-order valence-electron chi connectivity index (χ3n) is 4.16. The lowest BCUT2D eigenvalue weighted by Crippen LogP contribution is -2.30. The number of rotatable bonds is 13. The molecule has 0 radical (unpaired) electrons. The summed E-state index contributed by atoms with van der Waals surface area (Å²) in [4.78, 5) is 21.0. The molecule has 170 valence electrons. The molecule has 2 aromatic rings. The minimum atomic E-state index is -1.07. The molecule has 2 unspecified atom stereocenters. The summed E-state index contributed by atoms with van der Waals surface area (Å²) in [5.41, 5.74) is 2.66. The molecule has 0 bridgehead atoms. The van der Waals surface area contributed by atoms with Crippen molar-refractivity contribution in [2.45, 2.75) is 51.5 Å². The zero-order chi connectivity index (χ0) is 22.6. The lowest BCUT2D eigenvalue weighted by Gasteiger charge is -2.18. The number of hydrogen-bond acceptors (Lipinski definition) is 7. The van der Waals surface area contributed by atoms with Gasteiger partial charge in [-0.2, -0.15) is 0 Å². The van der Waals surface area contributed by atoms with Crippen molar-refractivity contribution < 1.29 is 18.5 Å². The number of halogens is 1. The highest BCUT2D eigenvalue weighted by atomic mass is 35.5. The van der Waals surface area contributed by atoms with E-state index >= 15 is 0 Å². The summed E-state index contributed by atoms with van der Waals surface area (Å²) in [5, 5.41) is 1.20. The molecule has 6 nitrogen and oxygen atoms in total. The van der Waals surface area contributed by atoms with Gasteiger partial charge in [0.1, 0.15) is 6.10 Å². The Balaban J connectivity index is 1.88.